The maximum Gasteiger partial charge on any atom is 0.276 e. The number of aryl methyl sites for hydroxylation is 3. The van der Waals surface area contributed by atoms with Crippen LogP contribution < -0.4 is 4.83 Å². The summed E-state index contributed by atoms with van der Waals surface area (Å²) in [5.74, 6) is 0. The highest BCUT2D eigenvalue weighted by atomic mass is 32.2. The quantitative estimate of drug-likeness (QED) is 0.671. The number of sulfonamides is 1. The highest BCUT2D eigenvalue weighted by molar-refractivity contribution is 7.89. The molecule has 2 rings (SSSR count). The molecule has 0 atom stereocenters. The van der Waals surface area contributed by atoms with Gasteiger partial charge in [-0.15, -0.1) is 0 Å². The molecule has 0 unspecified atom stereocenters. The van der Waals surface area contributed by atoms with Gasteiger partial charge in [0, 0.05) is 0 Å². The Morgan fingerprint density at radius 1 is 1.00 bits per heavy atom. The topological polar surface area (TPSA) is 58.5 Å². The summed E-state index contributed by atoms with van der Waals surface area (Å²) in [4.78, 5) is 2.55. The molecule has 4 nitrogen and oxygen atoms in total. The van der Waals surface area contributed by atoms with E-state index in [4.69, 9.17) is 0 Å². The molecule has 122 valence electrons. The smallest absolute Gasteiger partial charge is 0.200 e. The van der Waals surface area contributed by atoms with Gasteiger partial charge in [0.2, 0.25) is 0 Å². The molecule has 0 aliphatic heterocycles. The molecule has 2 aromatic carbocycles. The second kappa shape index (κ2) is 6.96. The molecule has 0 bridgehead atoms. The van der Waals surface area contributed by atoms with Gasteiger partial charge >= 0.3 is 0 Å². The van der Waals surface area contributed by atoms with E-state index in [0.717, 1.165) is 16.7 Å². The van der Waals surface area contributed by atoms with Crippen molar-refractivity contribution in [2.45, 2.75) is 39.0 Å². The highest BCUT2D eigenvalue weighted by Crippen LogP contribution is 2.13. The van der Waals surface area contributed by atoms with Crippen LogP contribution in [0, 0.1) is 20.8 Å². The lowest BCUT2D eigenvalue weighted by molar-refractivity contribution is 0.584. The van der Waals surface area contributed by atoms with E-state index in [-0.39, 0.29) is 4.90 Å². The van der Waals surface area contributed by atoms with Crippen molar-refractivity contribution < 1.29 is 8.42 Å². The zero-order valence-electron chi connectivity index (χ0n) is 13.9. The number of rotatable bonds is 5. The van der Waals surface area contributed by atoms with Crippen LogP contribution in [0.25, 0.3) is 0 Å². The van der Waals surface area contributed by atoms with Crippen LogP contribution in [0.5, 0.6) is 0 Å². The maximum absolute atomic E-state index is 12.3. The van der Waals surface area contributed by atoms with Gasteiger partial charge in [-0.2, -0.15) is 18.4 Å². The largest absolute Gasteiger partial charge is 0.276 e. The van der Waals surface area contributed by atoms with Crippen molar-refractivity contribution in [3.63, 3.8) is 0 Å². The molecule has 0 spiro atoms. The molecule has 23 heavy (non-hydrogen) atoms. The summed E-state index contributed by atoms with van der Waals surface area (Å²) >= 11 is 0. The maximum atomic E-state index is 12.3. The van der Waals surface area contributed by atoms with E-state index in [0.29, 0.717) is 12.1 Å². The van der Waals surface area contributed by atoms with Gasteiger partial charge in [-0.1, -0.05) is 36.8 Å². The van der Waals surface area contributed by atoms with Crippen molar-refractivity contribution in [3.05, 3.63) is 64.7 Å². The third-order valence-electron chi connectivity index (χ3n) is 3.81. The fourth-order valence-corrected chi connectivity index (χ4v) is 2.98. The Labute approximate surface area is 138 Å². The van der Waals surface area contributed by atoms with Gasteiger partial charge in [-0.25, -0.2) is 0 Å². The fraction of sp³-hybridized carbons (Fsp3) is 0.278. The van der Waals surface area contributed by atoms with Crippen molar-refractivity contribution in [2.24, 2.45) is 5.10 Å². The fourth-order valence-electron chi connectivity index (χ4n) is 2.15. The molecule has 0 fully saturated rings. The summed E-state index contributed by atoms with van der Waals surface area (Å²) in [6.45, 7) is 7.94. The average molecular weight is 330 g/mol. The lowest BCUT2D eigenvalue weighted by atomic mass is 10.0. The molecule has 5 heteroatoms. The monoisotopic (exact) mass is 330 g/mol. The SMILES string of the molecule is CC/C(=N/NS(=O)(=O)c1ccc(C)cc1)c1ccc(C)c(C)c1. The summed E-state index contributed by atoms with van der Waals surface area (Å²) in [5, 5.41) is 4.13. The number of hydrazone groups is 1. The predicted octanol–water partition coefficient (Wildman–Crippen LogP) is 3.70. The Bertz CT molecular complexity index is 823. The lowest BCUT2D eigenvalue weighted by Crippen LogP contribution is -2.20. The molecule has 2 aromatic rings. The molecular weight excluding hydrogens is 308 g/mol. The minimum Gasteiger partial charge on any atom is -0.200 e. The van der Waals surface area contributed by atoms with Gasteiger partial charge in [-0.3, -0.25) is 0 Å². The van der Waals surface area contributed by atoms with Crippen molar-refractivity contribution in [3.8, 4) is 0 Å². The van der Waals surface area contributed by atoms with Crippen molar-refractivity contribution in [1.29, 1.82) is 0 Å². The Morgan fingerprint density at radius 2 is 1.65 bits per heavy atom. The minimum atomic E-state index is -3.65. The average Bonchev–Trinajstić information content (AvgIpc) is 2.51. The zero-order chi connectivity index (χ0) is 17.0. The standard InChI is InChI=1S/C18H22N2O2S/c1-5-18(16-9-8-14(3)15(4)12-16)19-20-23(21,22)17-10-6-13(2)7-11-17/h6-12,20H,5H2,1-4H3/b19-18-. The molecule has 1 N–H and O–H groups in total. The van der Waals surface area contributed by atoms with Gasteiger partial charge < -0.3 is 0 Å². The molecule has 0 aliphatic rings. The number of nitrogens with one attached hydrogen (secondary N) is 1. The van der Waals surface area contributed by atoms with Crippen LogP contribution in [-0.2, 0) is 10.0 Å². The van der Waals surface area contributed by atoms with Crippen LogP contribution in [0.2, 0.25) is 0 Å². The van der Waals surface area contributed by atoms with E-state index in [1.165, 1.54) is 5.56 Å². The molecule has 0 saturated heterocycles. The van der Waals surface area contributed by atoms with E-state index < -0.39 is 10.0 Å². The Kier molecular flexibility index (Phi) is 5.21. The van der Waals surface area contributed by atoms with Crippen LogP contribution in [0.1, 0.15) is 35.6 Å². The number of hydrogen-bond acceptors (Lipinski definition) is 3. The van der Waals surface area contributed by atoms with Gasteiger partial charge in [0.25, 0.3) is 10.0 Å². The molecule has 0 saturated carbocycles. The van der Waals surface area contributed by atoms with Gasteiger partial charge in [0.05, 0.1) is 10.6 Å². The summed E-state index contributed by atoms with van der Waals surface area (Å²) in [6.07, 6.45) is 0.638. The van der Waals surface area contributed by atoms with Crippen molar-refractivity contribution in [1.82, 2.24) is 4.83 Å². The summed E-state index contributed by atoms with van der Waals surface area (Å²) < 4.78 is 24.6. The van der Waals surface area contributed by atoms with Gasteiger partial charge in [0.15, 0.2) is 0 Å². The first-order chi connectivity index (χ1) is 10.8. The van der Waals surface area contributed by atoms with Gasteiger partial charge in [0.1, 0.15) is 0 Å². The van der Waals surface area contributed by atoms with Gasteiger partial charge in [-0.05, 0) is 62.1 Å². The molecule has 0 aliphatic carbocycles. The molecular formula is C18H22N2O2S. The Balaban J connectivity index is 2.28. The van der Waals surface area contributed by atoms with Crippen LogP contribution in [-0.4, -0.2) is 14.1 Å². The zero-order valence-corrected chi connectivity index (χ0v) is 14.7. The van der Waals surface area contributed by atoms with E-state index in [1.54, 1.807) is 24.3 Å². The second-order valence-electron chi connectivity index (χ2n) is 5.62. The van der Waals surface area contributed by atoms with Crippen LogP contribution >= 0.6 is 0 Å². The first-order valence-electron chi connectivity index (χ1n) is 7.56. The van der Waals surface area contributed by atoms with Crippen LogP contribution in [0.3, 0.4) is 0 Å². The normalized spacial score (nSPS) is 12.3. The molecule has 0 aromatic heterocycles. The van der Waals surface area contributed by atoms with E-state index in [2.05, 4.69) is 9.93 Å². The number of hydrogen-bond donors (Lipinski definition) is 1. The third-order valence-corrected chi connectivity index (χ3v) is 5.03. The van der Waals surface area contributed by atoms with Crippen molar-refractivity contribution in [2.75, 3.05) is 0 Å². The van der Waals surface area contributed by atoms with E-state index >= 15 is 0 Å². The summed E-state index contributed by atoms with van der Waals surface area (Å²) in [5.41, 5.74) is 5.01. The lowest BCUT2D eigenvalue weighted by Gasteiger charge is -2.09. The molecule has 0 radical (unpaired) electrons. The van der Waals surface area contributed by atoms with Crippen molar-refractivity contribution >= 4 is 15.7 Å². The van der Waals surface area contributed by atoms with E-state index in [1.807, 2.05) is 45.9 Å². The Hall–Kier alpha value is -2.14. The Morgan fingerprint density at radius 3 is 2.22 bits per heavy atom. The third kappa shape index (κ3) is 4.20. The number of benzene rings is 2. The van der Waals surface area contributed by atoms with Crippen LogP contribution in [0.15, 0.2) is 52.5 Å². The van der Waals surface area contributed by atoms with Crippen LogP contribution in [0.4, 0.5) is 0 Å². The molecule has 0 amide bonds. The number of nitrogens with zero attached hydrogens (tertiary/aromatic N) is 1. The summed E-state index contributed by atoms with van der Waals surface area (Å²) in [7, 11) is -3.65. The highest BCUT2D eigenvalue weighted by Gasteiger charge is 2.13. The summed E-state index contributed by atoms with van der Waals surface area (Å²) in [6, 6.07) is 12.7. The van der Waals surface area contributed by atoms with E-state index in [9.17, 15) is 8.42 Å². The molecule has 0 heterocycles. The predicted molar refractivity (Wildman–Crippen MR) is 94.2 cm³/mol. The first kappa shape index (κ1) is 17.2. The second-order valence-corrected chi connectivity index (χ2v) is 7.28. The minimum absolute atomic E-state index is 0.211. The first-order valence-corrected chi connectivity index (χ1v) is 9.04.